The quantitative estimate of drug-likeness (QED) is 0.0199. The molecular weight excluding hydrogens is 793 g/mol. The number of hydrogen-bond acceptors (Lipinski definition) is 6. The van der Waals surface area contributed by atoms with Crippen LogP contribution in [0.2, 0.25) is 0 Å². The lowest BCUT2D eigenvalue weighted by atomic mass is 10.1. The lowest BCUT2D eigenvalue weighted by Crippen LogP contribution is -2.30. The van der Waals surface area contributed by atoms with Crippen LogP contribution >= 0.6 is 0 Å². The Morgan fingerprint density at radius 2 is 0.641 bits per heavy atom. The van der Waals surface area contributed by atoms with Crippen LogP contribution in [0.1, 0.15) is 245 Å². The summed E-state index contributed by atoms with van der Waals surface area (Å²) in [5.41, 5.74) is 0. The van der Waals surface area contributed by atoms with Gasteiger partial charge in [-0.25, -0.2) is 0 Å². The standard InChI is InChI=1S/C58H98O6/c1-4-7-10-13-16-19-22-24-26-28-30-31-33-36-39-42-45-48-51-57(60)63-54-55(53-62-56(59)50-47-44-41-38-35-21-18-15-12-9-6-3)64-58(61)52-49-46-43-40-37-34-32-29-27-25-23-20-17-14-11-8-5-2/h15-20,22,24-28,30-31,55H,4-14,21,23,29,32-54H2,1-3H3/b18-15-,19-16-,20-17-,24-22-,27-25-,28-26-,31-30-. The van der Waals surface area contributed by atoms with Crippen LogP contribution in [0.3, 0.4) is 0 Å². The topological polar surface area (TPSA) is 78.9 Å². The van der Waals surface area contributed by atoms with Crippen molar-refractivity contribution in [2.24, 2.45) is 0 Å². The lowest BCUT2D eigenvalue weighted by Gasteiger charge is -2.18. The Morgan fingerprint density at radius 1 is 0.328 bits per heavy atom. The van der Waals surface area contributed by atoms with Crippen molar-refractivity contribution in [3.8, 4) is 0 Å². The van der Waals surface area contributed by atoms with Gasteiger partial charge in [-0.3, -0.25) is 14.4 Å². The highest BCUT2D eigenvalue weighted by Gasteiger charge is 2.19. The number of rotatable bonds is 47. The van der Waals surface area contributed by atoms with Gasteiger partial charge in [-0.05, 0) is 96.3 Å². The van der Waals surface area contributed by atoms with Crippen molar-refractivity contribution in [2.45, 2.75) is 252 Å². The van der Waals surface area contributed by atoms with E-state index in [-0.39, 0.29) is 31.1 Å². The molecule has 1 unspecified atom stereocenters. The third-order valence-corrected chi connectivity index (χ3v) is 11.2. The summed E-state index contributed by atoms with van der Waals surface area (Å²) in [6.07, 6.45) is 67.0. The van der Waals surface area contributed by atoms with Gasteiger partial charge in [0.2, 0.25) is 0 Å². The predicted molar refractivity (Wildman–Crippen MR) is 274 cm³/mol. The normalized spacial score (nSPS) is 12.7. The van der Waals surface area contributed by atoms with E-state index in [0.717, 1.165) is 109 Å². The summed E-state index contributed by atoms with van der Waals surface area (Å²) in [4.78, 5) is 38.0. The first-order chi connectivity index (χ1) is 31.5. The van der Waals surface area contributed by atoms with Gasteiger partial charge in [0.1, 0.15) is 13.2 Å². The first-order valence-electron chi connectivity index (χ1n) is 26.6. The summed E-state index contributed by atoms with van der Waals surface area (Å²) in [5, 5.41) is 0. The molecule has 0 amide bonds. The highest BCUT2D eigenvalue weighted by molar-refractivity contribution is 5.71. The Morgan fingerprint density at radius 3 is 1.06 bits per heavy atom. The Kier molecular flexibility index (Phi) is 49.4. The van der Waals surface area contributed by atoms with E-state index in [9.17, 15) is 14.4 Å². The van der Waals surface area contributed by atoms with Crippen LogP contribution < -0.4 is 0 Å². The third-order valence-electron chi connectivity index (χ3n) is 11.2. The minimum atomic E-state index is -0.794. The summed E-state index contributed by atoms with van der Waals surface area (Å²) >= 11 is 0. The maximum absolute atomic E-state index is 12.8. The molecule has 0 aromatic heterocycles. The molecule has 64 heavy (non-hydrogen) atoms. The summed E-state index contributed by atoms with van der Waals surface area (Å²) < 4.78 is 16.8. The van der Waals surface area contributed by atoms with Gasteiger partial charge in [-0.1, -0.05) is 215 Å². The van der Waals surface area contributed by atoms with Crippen molar-refractivity contribution in [1.29, 1.82) is 0 Å². The number of allylic oxidation sites excluding steroid dienone is 14. The van der Waals surface area contributed by atoms with E-state index >= 15 is 0 Å². The molecule has 0 N–H and O–H groups in total. The molecule has 0 bridgehead atoms. The molecule has 6 heteroatoms. The SMILES string of the molecule is CCCC/C=C\CCCCCCCC(=O)OCC(COC(=O)CCCCCCC\C=C/C=C\C=C/C=C\CCCCC)OC(=O)CCCCCCCCC/C=C\C/C=C\CCCCC. The van der Waals surface area contributed by atoms with Crippen LogP contribution in [-0.4, -0.2) is 37.2 Å². The summed E-state index contributed by atoms with van der Waals surface area (Å²) in [6.45, 7) is 6.50. The van der Waals surface area contributed by atoms with E-state index < -0.39 is 6.10 Å². The maximum Gasteiger partial charge on any atom is 0.306 e. The van der Waals surface area contributed by atoms with Crippen molar-refractivity contribution in [3.05, 3.63) is 85.1 Å². The lowest BCUT2D eigenvalue weighted by molar-refractivity contribution is -0.167. The fourth-order valence-corrected chi connectivity index (χ4v) is 7.11. The number of esters is 3. The highest BCUT2D eigenvalue weighted by Crippen LogP contribution is 2.14. The fraction of sp³-hybridized carbons (Fsp3) is 0.707. The van der Waals surface area contributed by atoms with Crippen molar-refractivity contribution in [2.75, 3.05) is 13.2 Å². The number of hydrogen-bond donors (Lipinski definition) is 0. The van der Waals surface area contributed by atoms with Gasteiger partial charge in [-0.2, -0.15) is 0 Å². The smallest absolute Gasteiger partial charge is 0.306 e. The van der Waals surface area contributed by atoms with Crippen LogP contribution in [0.4, 0.5) is 0 Å². The predicted octanol–water partition coefficient (Wildman–Crippen LogP) is 17.6. The number of carbonyl (C=O) groups is 3. The highest BCUT2D eigenvalue weighted by atomic mass is 16.6. The molecule has 0 aromatic carbocycles. The number of ether oxygens (including phenoxy) is 3. The van der Waals surface area contributed by atoms with Gasteiger partial charge >= 0.3 is 17.9 Å². The van der Waals surface area contributed by atoms with Crippen LogP contribution in [0.15, 0.2) is 85.1 Å². The van der Waals surface area contributed by atoms with E-state index in [1.165, 1.54) is 96.3 Å². The van der Waals surface area contributed by atoms with Crippen molar-refractivity contribution < 1.29 is 28.6 Å². The second kappa shape index (κ2) is 52.2. The minimum absolute atomic E-state index is 0.0926. The second-order valence-electron chi connectivity index (χ2n) is 17.5. The third kappa shape index (κ3) is 49.6. The molecular formula is C58H98O6. The molecule has 1 atom stereocenters. The zero-order valence-corrected chi connectivity index (χ0v) is 41.8. The van der Waals surface area contributed by atoms with Gasteiger partial charge in [0.05, 0.1) is 0 Å². The van der Waals surface area contributed by atoms with Gasteiger partial charge in [0.25, 0.3) is 0 Å². The molecule has 0 radical (unpaired) electrons. The largest absolute Gasteiger partial charge is 0.462 e. The molecule has 0 aromatic rings. The van der Waals surface area contributed by atoms with Crippen LogP contribution in [0.5, 0.6) is 0 Å². The average Bonchev–Trinajstić information content (AvgIpc) is 3.29. The molecule has 366 valence electrons. The van der Waals surface area contributed by atoms with Gasteiger partial charge in [0.15, 0.2) is 6.10 Å². The van der Waals surface area contributed by atoms with Crippen molar-refractivity contribution in [1.82, 2.24) is 0 Å². The van der Waals surface area contributed by atoms with Crippen LogP contribution in [-0.2, 0) is 28.6 Å². The summed E-state index contributed by atoms with van der Waals surface area (Å²) in [7, 11) is 0. The monoisotopic (exact) mass is 891 g/mol. The summed E-state index contributed by atoms with van der Waals surface area (Å²) in [5.74, 6) is -0.933. The Bertz CT molecular complexity index is 1250. The van der Waals surface area contributed by atoms with Gasteiger partial charge < -0.3 is 14.2 Å². The zero-order valence-electron chi connectivity index (χ0n) is 41.8. The van der Waals surface area contributed by atoms with E-state index in [1.807, 2.05) is 0 Å². The van der Waals surface area contributed by atoms with Gasteiger partial charge in [0, 0.05) is 19.3 Å². The van der Waals surface area contributed by atoms with E-state index in [2.05, 4.69) is 106 Å². The molecule has 0 spiro atoms. The molecule has 0 fully saturated rings. The first kappa shape index (κ1) is 60.6. The molecule has 0 rings (SSSR count). The number of carbonyl (C=O) groups excluding carboxylic acids is 3. The van der Waals surface area contributed by atoms with Gasteiger partial charge in [-0.15, -0.1) is 0 Å². The van der Waals surface area contributed by atoms with Crippen molar-refractivity contribution >= 4 is 17.9 Å². The van der Waals surface area contributed by atoms with E-state index in [0.29, 0.717) is 19.3 Å². The van der Waals surface area contributed by atoms with E-state index in [4.69, 9.17) is 14.2 Å². The van der Waals surface area contributed by atoms with E-state index in [1.54, 1.807) is 0 Å². The Balaban J connectivity index is 4.44. The fourth-order valence-electron chi connectivity index (χ4n) is 7.11. The van der Waals surface area contributed by atoms with Crippen LogP contribution in [0, 0.1) is 0 Å². The molecule has 0 aliphatic carbocycles. The summed E-state index contributed by atoms with van der Waals surface area (Å²) in [6, 6.07) is 0. The first-order valence-corrected chi connectivity index (χ1v) is 26.6. The zero-order chi connectivity index (χ0) is 46.5. The molecule has 0 saturated carbocycles. The van der Waals surface area contributed by atoms with Crippen molar-refractivity contribution in [3.63, 3.8) is 0 Å². The minimum Gasteiger partial charge on any atom is -0.462 e. The maximum atomic E-state index is 12.8. The van der Waals surface area contributed by atoms with Crippen LogP contribution in [0.25, 0.3) is 0 Å². The molecule has 0 heterocycles. The molecule has 0 saturated heterocycles. The average molecular weight is 891 g/mol. The second-order valence-corrected chi connectivity index (χ2v) is 17.5. The Labute approximate surface area is 395 Å². The molecule has 6 nitrogen and oxygen atoms in total. The molecule has 0 aliphatic rings. The Hall–Kier alpha value is -3.41. The number of unbranched alkanes of at least 4 members (excludes halogenated alkanes) is 25. The molecule has 0 aliphatic heterocycles.